The maximum Gasteiger partial charge on any atom is 0.573 e. The van der Waals surface area contributed by atoms with Crippen LogP contribution in [0.4, 0.5) is 13.2 Å². The number of nitrogens with one attached hydrogen (secondary N) is 1. The molecule has 2 rings (SSSR count). The van der Waals surface area contributed by atoms with Crippen LogP contribution < -0.4 is 10.1 Å². The molecule has 0 aliphatic carbocycles. The molecule has 1 aromatic rings. The molecule has 2 unspecified atom stereocenters. The number of alkyl halides is 3. The fraction of sp³-hybridized carbons (Fsp3) is 0.600. The standard InChI is InChI=1S/C15H21F3N2O/c1-11-9-20(10-12(2)19-11)8-7-13-3-5-14(6-4-13)21-15(16,17)18/h3-6,11-12,19H,7-10H2,1-2H3. The van der Waals surface area contributed by atoms with E-state index in [4.69, 9.17) is 0 Å². The Morgan fingerprint density at radius 3 is 2.24 bits per heavy atom. The van der Waals surface area contributed by atoms with Gasteiger partial charge in [-0.25, -0.2) is 0 Å². The molecule has 0 amide bonds. The predicted molar refractivity (Wildman–Crippen MR) is 75.3 cm³/mol. The van der Waals surface area contributed by atoms with Crippen LogP contribution in [0.3, 0.4) is 0 Å². The quantitative estimate of drug-likeness (QED) is 0.925. The third-order valence-corrected chi connectivity index (χ3v) is 3.51. The molecule has 1 N–H and O–H groups in total. The number of nitrogens with zero attached hydrogens (tertiary/aromatic N) is 1. The van der Waals surface area contributed by atoms with Crippen LogP contribution in [-0.2, 0) is 6.42 Å². The van der Waals surface area contributed by atoms with E-state index in [2.05, 4.69) is 28.8 Å². The first-order valence-electron chi connectivity index (χ1n) is 7.15. The summed E-state index contributed by atoms with van der Waals surface area (Å²) in [6.45, 7) is 7.23. The van der Waals surface area contributed by atoms with Crippen LogP contribution in [0.2, 0.25) is 0 Å². The first-order valence-corrected chi connectivity index (χ1v) is 7.15. The van der Waals surface area contributed by atoms with Crippen LogP contribution in [0.25, 0.3) is 0 Å². The number of ether oxygens (including phenoxy) is 1. The molecule has 1 aliphatic rings. The van der Waals surface area contributed by atoms with Gasteiger partial charge in [-0.3, -0.25) is 4.90 Å². The van der Waals surface area contributed by atoms with Gasteiger partial charge in [0.05, 0.1) is 0 Å². The Morgan fingerprint density at radius 1 is 1.14 bits per heavy atom. The summed E-state index contributed by atoms with van der Waals surface area (Å²) in [6, 6.07) is 7.05. The van der Waals surface area contributed by atoms with Crippen LogP contribution in [0.1, 0.15) is 19.4 Å². The molecule has 1 aromatic carbocycles. The van der Waals surface area contributed by atoms with Crippen LogP contribution in [0, 0.1) is 0 Å². The van der Waals surface area contributed by atoms with Crippen molar-refractivity contribution in [3.8, 4) is 5.75 Å². The molecular formula is C15H21F3N2O. The number of benzene rings is 1. The first kappa shape index (κ1) is 16.1. The van der Waals surface area contributed by atoms with E-state index >= 15 is 0 Å². The van der Waals surface area contributed by atoms with Crippen molar-refractivity contribution < 1.29 is 17.9 Å². The molecule has 0 radical (unpaired) electrons. The highest BCUT2D eigenvalue weighted by atomic mass is 19.4. The molecule has 1 aliphatic heterocycles. The SMILES string of the molecule is CC1CN(CCc2ccc(OC(F)(F)F)cc2)CC(C)N1. The molecule has 2 atom stereocenters. The zero-order valence-corrected chi connectivity index (χ0v) is 12.3. The van der Waals surface area contributed by atoms with Crippen molar-refractivity contribution in [2.45, 2.75) is 38.7 Å². The van der Waals surface area contributed by atoms with Crippen molar-refractivity contribution in [2.75, 3.05) is 19.6 Å². The topological polar surface area (TPSA) is 24.5 Å². The molecule has 0 spiro atoms. The Bertz CT molecular complexity index is 437. The molecule has 0 saturated carbocycles. The van der Waals surface area contributed by atoms with Crippen molar-refractivity contribution >= 4 is 0 Å². The molecule has 1 fully saturated rings. The second kappa shape index (κ2) is 6.66. The fourth-order valence-corrected chi connectivity index (χ4v) is 2.77. The van der Waals surface area contributed by atoms with Gasteiger partial charge in [-0.2, -0.15) is 0 Å². The van der Waals surface area contributed by atoms with Crippen molar-refractivity contribution in [1.29, 1.82) is 0 Å². The zero-order chi connectivity index (χ0) is 15.5. The summed E-state index contributed by atoms with van der Waals surface area (Å²) in [4.78, 5) is 2.38. The van der Waals surface area contributed by atoms with E-state index in [1.807, 2.05) is 0 Å². The number of piperazine rings is 1. The van der Waals surface area contributed by atoms with E-state index in [1.165, 1.54) is 12.1 Å². The molecule has 1 heterocycles. The normalized spacial score (nSPS) is 24.0. The van der Waals surface area contributed by atoms with Gasteiger partial charge in [0.2, 0.25) is 0 Å². The van der Waals surface area contributed by atoms with Crippen LogP contribution in [-0.4, -0.2) is 43.0 Å². The Balaban J connectivity index is 1.83. The maximum absolute atomic E-state index is 12.1. The van der Waals surface area contributed by atoms with Crippen molar-refractivity contribution in [1.82, 2.24) is 10.2 Å². The van der Waals surface area contributed by atoms with Crippen LogP contribution in [0.15, 0.2) is 24.3 Å². The number of hydrogen-bond donors (Lipinski definition) is 1. The molecular weight excluding hydrogens is 281 g/mol. The highest BCUT2D eigenvalue weighted by Crippen LogP contribution is 2.22. The van der Waals surface area contributed by atoms with Crippen molar-refractivity contribution in [3.05, 3.63) is 29.8 Å². The average molecular weight is 302 g/mol. The van der Waals surface area contributed by atoms with Crippen molar-refractivity contribution in [2.24, 2.45) is 0 Å². The van der Waals surface area contributed by atoms with Gasteiger partial charge in [-0.05, 0) is 38.0 Å². The zero-order valence-electron chi connectivity index (χ0n) is 12.3. The number of halogens is 3. The Hall–Kier alpha value is -1.27. The summed E-state index contributed by atoms with van der Waals surface area (Å²) in [5.41, 5.74) is 1.02. The van der Waals surface area contributed by atoms with Gasteiger partial charge in [0, 0.05) is 31.7 Å². The summed E-state index contributed by atoms with van der Waals surface area (Å²) < 4.78 is 40.1. The largest absolute Gasteiger partial charge is 0.573 e. The maximum atomic E-state index is 12.1. The van der Waals surface area contributed by atoms with E-state index in [-0.39, 0.29) is 5.75 Å². The summed E-state index contributed by atoms with van der Waals surface area (Å²) in [5.74, 6) is -0.171. The average Bonchev–Trinajstić information content (AvgIpc) is 2.35. The summed E-state index contributed by atoms with van der Waals surface area (Å²) >= 11 is 0. The third-order valence-electron chi connectivity index (χ3n) is 3.51. The minimum Gasteiger partial charge on any atom is -0.406 e. The molecule has 1 saturated heterocycles. The molecule has 0 bridgehead atoms. The Kier molecular flexibility index (Phi) is 5.11. The van der Waals surface area contributed by atoms with E-state index in [1.54, 1.807) is 12.1 Å². The lowest BCUT2D eigenvalue weighted by Gasteiger charge is -2.36. The molecule has 6 heteroatoms. The summed E-state index contributed by atoms with van der Waals surface area (Å²) in [6.07, 6.45) is -3.81. The van der Waals surface area contributed by atoms with Gasteiger partial charge in [0.15, 0.2) is 0 Å². The predicted octanol–water partition coefficient (Wildman–Crippen LogP) is 2.81. The second-order valence-corrected chi connectivity index (χ2v) is 5.67. The van der Waals surface area contributed by atoms with E-state index < -0.39 is 6.36 Å². The minimum atomic E-state index is -4.63. The minimum absolute atomic E-state index is 0.171. The third kappa shape index (κ3) is 5.55. The van der Waals surface area contributed by atoms with Gasteiger partial charge in [-0.1, -0.05) is 12.1 Å². The smallest absolute Gasteiger partial charge is 0.406 e. The highest BCUT2D eigenvalue weighted by molar-refractivity contribution is 5.27. The molecule has 0 aromatic heterocycles. The van der Waals surface area contributed by atoms with Gasteiger partial charge in [0.25, 0.3) is 0 Å². The second-order valence-electron chi connectivity index (χ2n) is 5.67. The van der Waals surface area contributed by atoms with Gasteiger partial charge in [-0.15, -0.1) is 13.2 Å². The Labute approximate surface area is 123 Å². The molecule has 118 valence electrons. The number of hydrogen-bond acceptors (Lipinski definition) is 3. The van der Waals surface area contributed by atoms with Gasteiger partial charge < -0.3 is 10.1 Å². The van der Waals surface area contributed by atoms with E-state index in [0.717, 1.165) is 31.6 Å². The lowest BCUT2D eigenvalue weighted by atomic mass is 10.1. The lowest BCUT2D eigenvalue weighted by molar-refractivity contribution is -0.274. The van der Waals surface area contributed by atoms with Crippen LogP contribution >= 0.6 is 0 Å². The van der Waals surface area contributed by atoms with Crippen molar-refractivity contribution in [3.63, 3.8) is 0 Å². The molecule has 3 nitrogen and oxygen atoms in total. The van der Waals surface area contributed by atoms with E-state index in [9.17, 15) is 13.2 Å². The lowest BCUT2D eigenvalue weighted by Crippen LogP contribution is -2.54. The monoisotopic (exact) mass is 302 g/mol. The number of rotatable bonds is 4. The summed E-state index contributed by atoms with van der Waals surface area (Å²) in [7, 11) is 0. The summed E-state index contributed by atoms with van der Waals surface area (Å²) in [5, 5.41) is 3.47. The van der Waals surface area contributed by atoms with E-state index in [0.29, 0.717) is 12.1 Å². The van der Waals surface area contributed by atoms with Crippen LogP contribution in [0.5, 0.6) is 5.75 Å². The van der Waals surface area contributed by atoms with Gasteiger partial charge >= 0.3 is 6.36 Å². The highest BCUT2D eigenvalue weighted by Gasteiger charge is 2.30. The first-order chi connectivity index (χ1) is 9.82. The van der Waals surface area contributed by atoms with Gasteiger partial charge in [0.1, 0.15) is 5.75 Å². The fourth-order valence-electron chi connectivity index (χ4n) is 2.77. The Morgan fingerprint density at radius 2 is 1.71 bits per heavy atom. The molecule has 21 heavy (non-hydrogen) atoms.